The van der Waals surface area contributed by atoms with Gasteiger partial charge < -0.3 is 19.4 Å². The van der Waals surface area contributed by atoms with E-state index < -0.39 is 0 Å². The van der Waals surface area contributed by atoms with Crippen LogP contribution < -0.4 is 15.7 Å². The van der Waals surface area contributed by atoms with Gasteiger partial charge in [-0.25, -0.2) is 4.79 Å². The summed E-state index contributed by atoms with van der Waals surface area (Å²) in [6.45, 7) is 0.416. The Morgan fingerprint density at radius 1 is 1.28 bits per heavy atom. The van der Waals surface area contributed by atoms with E-state index in [0.29, 0.717) is 17.9 Å². The Bertz CT molecular complexity index is 1070. The Labute approximate surface area is 173 Å². The third-order valence-electron chi connectivity index (χ3n) is 5.30. The summed E-state index contributed by atoms with van der Waals surface area (Å²) in [6.07, 6.45) is 2.67. The molecule has 4 rings (SSSR count). The van der Waals surface area contributed by atoms with Crippen molar-refractivity contribution in [1.29, 1.82) is 0 Å². The van der Waals surface area contributed by atoms with Crippen molar-refractivity contribution < 1.29 is 13.9 Å². The molecule has 0 spiro atoms. The van der Waals surface area contributed by atoms with Crippen LogP contribution in [0.5, 0.6) is 5.75 Å². The number of hydrogen-bond acceptors (Lipinski definition) is 6. The van der Waals surface area contributed by atoms with E-state index in [1.807, 2.05) is 37.7 Å². The molecule has 1 aromatic carbocycles. The smallest absolute Gasteiger partial charge is 0.339 e. The molecule has 0 aliphatic heterocycles. The van der Waals surface area contributed by atoms with Crippen LogP contribution in [0.25, 0.3) is 11.0 Å². The monoisotopic (exact) mass is 412 g/mol. The van der Waals surface area contributed by atoms with E-state index in [2.05, 4.69) is 16.3 Å². The minimum atomic E-state index is -0.261. The molecule has 2 heterocycles. The molecule has 1 atom stereocenters. The number of carbonyl (C=O) groups is 1. The van der Waals surface area contributed by atoms with E-state index in [-0.39, 0.29) is 24.2 Å². The van der Waals surface area contributed by atoms with Gasteiger partial charge in [-0.2, -0.15) is 0 Å². The molecule has 1 aliphatic rings. The first kappa shape index (κ1) is 19.7. The fourth-order valence-electron chi connectivity index (χ4n) is 3.78. The average Bonchev–Trinajstić information content (AvgIpc) is 3.38. The molecule has 0 fully saturated rings. The summed E-state index contributed by atoms with van der Waals surface area (Å²) >= 11 is 1.67. The van der Waals surface area contributed by atoms with Crippen LogP contribution in [0.15, 0.2) is 44.9 Å². The van der Waals surface area contributed by atoms with E-state index in [4.69, 9.17) is 9.15 Å². The molecule has 7 heteroatoms. The first-order chi connectivity index (χ1) is 14.0. The Morgan fingerprint density at radius 2 is 2.10 bits per heavy atom. The van der Waals surface area contributed by atoms with Gasteiger partial charge in [0.15, 0.2) is 6.61 Å². The Kier molecular flexibility index (Phi) is 5.69. The van der Waals surface area contributed by atoms with Crippen LogP contribution in [0.2, 0.25) is 0 Å². The van der Waals surface area contributed by atoms with Crippen LogP contribution >= 0.6 is 11.3 Å². The van der Waals surface area contributed by atoms with Gasteiger partial charge in [0.05, 0.1) is 6.04 Å². The van der Waals surface area contributed by atoms with Crippen LogP contribution in [-0.2, 0) is 17.6 Å². The molecule has 1 aliphatic carbocycles. The zero-order chi connectivity index (χ0) is 20.4. The van der Waals surface area contributed by atoms with Gasteiger partial charge in [0.2, 0.25) is 0 Å². The molecule has 6 nitrogen and oxygen atoms in total. The largest absolute Gasteiger partial charge is 0.484 e. The number of amides is 1. The number of nitrogens with zero attached hydrogens (tertiary/aromatic N) is 1. The van der Waals surface area contributed by atoms with E-state index in [1.165, 1.54) is 4.88 Å². The summed E-state index contributed by atoms with van der Waals surface area (Å²) in [5, 5.41) is 5.92. The first-order valence-corrected chi connectivity index (χ1v) is 10.6. The van der Waals surface area contributed by atoms with Crippen LogP contribution in [0, 0.1) is 0 Å². The Hall–Kier alpha value is -2.64. The van der Waals surface area contributed by atoms with Crippen molar-refractivity contribution in [3.8, 4) is 5.75 Å². The number of benzene rings is 1. The lowest BCUT2D eigenvalue weighted by Crippen LogP contribution is -2.36. The van der Waals surface area contributed by atoms with E-state index in [9.17, 15) is 9.59 Å². The fourth-order valence-corrected chi connectivity index (χ4v) is 4.71. The number of carbonyl (C=O) groups excluding carboxylic acids is 1. The molecule has 2 aromatic heterocycles. The molecule has 0 saturated carbocycles. The number of ether oxygens (including phenoxy) is 1. The van der Waals surface area contributed by atoms with Crippen LogP contribution in [0.1, 0.15) is 28.5 Å². The second-order valence-corrected chi connectivity index (χ2v) is 8.42. The van der Waals surface area contributed by atoms with Crippen LogP contribution in [0.3, 0.4) is 0 Å². The van der Waals surface area contributed by atoms with E-state index in [1.54, 1.807) is 17.4 Å². The molecule has 3 aromatic rings. The predicted molar refractivity (Wildman–Crippen MR) is 114 cm³/mol. The lowest BCUT2D eigenvalue weighted by atomic mass is 10.1. The SMILES string of the molecule is CN(C)C(CNC(=O)COc1ccc2c3c(c(=O)oc2c1)CCC3)c1cccs1. The standard InChI is InChI=1S/C22H24N2O4S/c1-24(2)18(20-7-4-10-29-20)12-23-21(25)13-27-14-8-9-16-15-5-3-6-17(15)22(26)28-19(16)11-14/h4,7-11,18H,3,5-6,12-13H2,1-2H3,(H,23,25). The van der Waals surface area contributed by atoms with Crippen molar-refractivity contribution in [3.05, 3.63) is 62.1 Å². The number of thiophene rings is 1. The number of nitrogens with one attached hydrogen (secondary N) is 1. The van der Waals surface area contributed by atoms with Gasteiger partial charge in [-0.1, -0.05) is 6.07 Å². The van der Waals surface area contributed by atoms with Crippen LogP contribution in [0.4, 0.5) is 0 Å². The Balaban J connectivity index is 1.38. The molecule has 29 heavy (non-hydrogen) atoms. The first-order valence-electron chi connectivity index (χ1n) is 9.71. The zero-order valence-corrected chi connectivity index (χ0v) is 17.4. The summed E-state index contributed by atoms with van der Waals surface area (Å²) in [6, 6.07) is 9.62. The van der Waals surface area contributed by atoms with Gasteiger partial charge in [0.25, 0.3) is 5.91 Å². The lowest BCUT2D eigenvalue weighted by Gasteiger charge is -2.23. The third-order valence-corrected chi connectivity index (χ3v) is 6.28. The maximum absolute atomic E-state index is 12.3. The second-order valence-electron chi connectivity index (χ2n) is 7.45. The van der Waals surface area contributed by atoms with E-state index >= 15 is 0 Å². The van der Waals surface area contributed by atoms with Gasteiger partial charge >= 0.3 is 5.63 Å². The molecule has 152 valence electrons. The summed E-state index contributed by atoms with van der Waals surface area (Å²) in [5.74, 6) is 0.320. The molecule has 1 amide bonds. The maximum Gasteiger partial charge on any atom is 0.339 e. The van der Waals surface area contributed by atoms with Crippen molar-refractivity contribution in [1.82, 2.24) is 10.2 Å². The predicted octanol–water partition coefficient (Wildman–Crippen LogP) is 3.14. The number of likely N-dealkylation sites (N-methyl/N-ethyl adjacent to an activating group) is 1. The van der Waals surface area contributed by atoms with Crippen LogP contribution in [-0.4, -0.2) is 38.1 Å². The fraction of sp³-hybridized carbons (Fsp3) is 0.364. The Morgan fingerprint density at radius 3 is 2.86 bits per heavy atom. The summed E-state index contributed by atoms with van der Waals surface area (Å²) < 4.78 is 11.1. The highest BCUT2D eigenvalue weighted by atomic mass is 32.1. The van der Waals surface area contributed by atoms with Crippen molar-refractivity contribution >= 4 is 28.2 Å². The van der Waals surface area contributed by atoms with Gasteiger partial charge in [-0.15, -0.1) is 11.3 Å². The van der Waals surface area contributed by atoms with Gasteiger partial charge in [0.1, 0.15) is 11.3 Å². The topological polar surface area (TPSA) is 71.8 Å². The third kappa shape index (κ3) is 4.21. The van der Waals surface area contributed by atoms with Crippen molar-refractivity contribution in [2.45, 2.75) is 25.3 Å². The molecule has 0 bridgehead atoms. The highest BCUT2D eigenvalue weighted by molar-refractivity contribution is 7.10. The number of rotatable bonds is 7. The molecule has 1 unspecified atom stereocenters. The number of aryl methyl sites for hydroxylation is 1. The molecule has 1 N–H and O–H groups in total. The quantitative estimate of drug-likeness (QED) is 0.604. The maximum atomic E-state index is 12.3. The second kappa shape index (κ2) is 8.39. The summed E-state index contributed by atoms with van der Waals surface area (Å²) in [5.41, 5.74) is 2.14. The average molecular weight is 413 g/mol. The highest BCUT2D eigenvalue weighted by Gasteiger charge is 2.20. The molecular weight excluding hydrogens is 388 g/mol. The minimum Gasteiger partial charge on any atom is -0.484 e. The minimum absolute atomic E-state index is 0.0920. The molecule has 0 radical (unpaired) electrons. The van der Waals surface area contributed by atoms with Crippen molar-refractivity contribution in [2.75, 3.05) is 27.2 Å². The van der Waals surface area contributed by atoms with E-state index in [0.717, 1.165) is 35.8 Å². The van der Waals surface area contributed by atoms with Crippen molar-refractivity contribution in [2.24, 2.45) is 0 Å². The van der Waals surface area contributed by atoms with Gasteiger partial charge in [-0.3, -0.25) is 4.79 Å². The lowest BCUT2D eigenvalue weighted by molar-refractivity contribution is -0.123. The number of fused-ring (bicyclic) bond motifs is 3. The zero-order valence-electron chi connectivity index (χ0n) is 16.6. The normalized spacial score (nSPS) is 14.2. The molecular formula is C22H24N2O4S. The van der Waals surface area contributed by atoms with Crippen molar-refractivity contribution in [3.63, 3.8) is 0 Å². The van der Waals surface area contributed by atoms with Gasteiger partial charge in [0, 0.05) is 28.4 Å². The number of hydrogen-bond donors (Lipinski definition) is 1. The molecule has 0 saturated heterocycles. The van der Waals surface area contributed by atoms with Gasteiger partial charge in [-0.05, 0) is 62.5 Å². The summed E-state index contributed by atoms with van der Waals surface area (Å²) in [7, 11) is 3.99. The summed E-state index contributed by atoms with van der Waals surface area (Å²) in [4.78, 5) is 27.7. The highest BCUT2D eigenvalue weighted by Crippen LogP contribution is 2.29.